The predicted octanol–water partition coefficient (Wildman–Crippen LogP) is 2.82. The van der Waals surface area contributed by atoms with E-state index in [1.165, 1.54) is 0 Å². The Kier molecular flexibility index (Phi) is 5.03. The van der Waals surface area contributed by atoms with Gasteiger partial charge in [-0.25, -0.2) is 4.68 Å². The monoisotopic (exact) mass is 379 g/mol. The van der Waals surface area contributed by atoms with Crippen LogP contribution in [0.15, 0.2) is 42.5 Å². The van der Waals surface area contributed by atoms with Crippen LogP contribution in [0.3, 0.4) is 0 Å². The molecule has 28 heavy (non-hydrogen) atoms. The Balaban J connectivity index is 1.41. The molecule has 0 saturated carbocycles. The molecule has 2 aromatic carbocycles. The van der Waals surface area contributed by atoms with Gasteiger partial charge in [0.1, 0.15) is 11.6 Å². The van der Waals surface area contributed by atoms with Gasteiger partial charge in [0.15, 0.2) is 0 Å². The van der Waals surface area contributed by atoms with Crippen molar-refractivity contribution in [1.82, 2.24) is 15.0 Å². The van der Waals surface area contributed by atoms with Crippen molar-refractivity contribution in [1.29, 1.82) is 0 Å². The third kappa shape index (κ3) is 3.72. The first-order valence-corrected chi connectivity index (χ1v) is 9.31. The van der Waals surface area contributed by atoms with Gasteiger partial charge in [0.05, 0.1) is 5.52 Å². The van der Waals surface area contributed by atoms with Crippen molar-refractivity contribution in [2.24, 2.45) is 0 Å². The Hall–Kier alpha value is -3.26. The molecule has 1 atom stereocenters. The zero-order valence-electron chi connectivity index (χ0n) is 15.5. The number of rotatable bonds is 5. The normalized spacial score (nSPS) is 16.2. The van der Waals surface area contributed by atoms with E-state index in [1.54, 1.807) is 41.1 Å². The van der Waals surface area contributed by atoms with Crippen LogP contribution in [0, 0.1) is 0 Å². The number of ether oxygens (including phenoxy) is 1. The lowest BCUT2D eigenvalue weighted by Gasteiger charge is -2.11. The van der Waals surface area contributed by atoms with Crippen molar-refractivity contribution >= 4 is 34.2 Å². The number of carbonyl (C=O) groups is 2. The van der Waals surface area contributed by atoms with E-state index >= 15 is 0 Å². The second-order valence-electron chi connectivity index (χ2n) is 6.63. The second kappa shape index (κ2) is 7.77. The molecule has 1 unspecified atom stereocenters. The molecule has 8 nitrogen and oxygen atoms in total. The molecule has 2 heterocycles. The predicted molar refractivity (Wildman–Crippen MR) is 105 cm³/mol. The number of fused-ring (bicyclic) bond motifs is 1. The Morgan fingerprint density at radius 3 is 2.57 bits per heavy atom. The number of benzene rings is 2. The van der Waals surface area contributed by atoms with Crippen LogP contribution in [0.1, 0.15) is 30.1 Å². The third-order valence-electron chi connectivity index (χ3n) is 4.71. The highest BCUT2D eigenvalue weighted by Gasteiger charge is 2.23. The molecule has 4 rings (SSSR count). The van der Waals surface area contributed by atoms with Gasteiger partial charge >= 0.3 is 0 Å². The van der Waals surface area contributed by atoms with Gasteiger partial charge in [0.25, 0.3) is 11.8 Å². The molecular weight excluding hydrogens is 358 g/mol. The number of nitrogens with zero attached hydrogens (tertiary/aromatic N) is 3. The van der Waals surface area contributed by atoms with E-state index in [-0.39, 0.29) is 17.9 Å². The maximum absolute atomic E-state index is 12.5. The fourth-order valence-corrected chi connectivity index (χ4v) is 3.19. The lowest BCUT2D eigenvalue weighted by molar-refractivity contribution is -0.124. The van der Waals surface area contributed by atoms with Gasteiger partial charge in [0.2, 0.25) is 0 Å². The van der Waals surface area contributed by atoms with E-state index < -0.39 is 0 Å². The summed E-state index contributed by atoms with van der Waals surface area (Å²) in [7, 11) is 0. The van der Waals surface area contributed by atoms with Crippen LogP contribution in [-0.4, -0.2) is 39.5 Å². The van der Waals surface area contributed by atoms with Gasteiger partial charge in [-0.2, -0.15) is 0 Å². The number of nitrogens with one attached hydrogen (secondary N) is 2. The minimum atomic E-state index is -0.375. The summed E-state index contributed by atoms with van der Waals surface area (Å²) < 4.78 is 7.15. The van der Waals surface area contributed by atoms with Crippen molar-refractivity contribution < 1.29 is 14.3 Å². The van der Waals surface area contributed by atoms with E-state index in [4.69, 9.17) is 4.74 Å². The number of aromatic nitrogens is 3. The van der Waals surface area contributed by atoms with Gasteiger partial charge in [-0.1, -0.05) is 5.21 Å². The average molecular weight is 379 g/mol. The summed E-state index contributed by atoms with van der Waals surface area (Å²) in [6.07, 6.45) is 1.28. The van der Waals surface area contributed by atoms with Crippen molar-refractivity contribution in [3.63, 3.8) is 0 Å². The van der Waals surface area contributed by atoms with Gasteiger partial charge in [-0.15, -0.1) is 5.10 Å². The Morgan fingerprint density at radius 1 is 1.14 bits per heavy atom. The largest absolute Gasteiger partial charge is 0.368 e. The molecule has 3 aromatic rings. The van der Waals surface area contributed by atoms with Gasteiger partial charge in [0, 0.05) is 30.1 Å². The minimum absolute atomic E-state index is 0.136. The van der Waals surface area contributed by atoms with E-state index in [9.17, 15) is 9.59 Å². The summed E-state index contributed by atoms with van der Waals surface area (Å²) in [5.41, 5.74) is 3.38. The molecule has 0 radical (unpaired) electrons. The van der Waals surface area contributed by atoms with E-state index in [0.29, 0.717) is 29.1 Å². The summed E-state index contributed by atoms with van der Waals surface area (Å²) >= 11 is 0. The number of carbonyl (C=O) groups excluding carboxylic acids is 2. The number of amides is 2. The van der Waals surface area contributed by atoms with Gasteiger partial charge < -0.3 is 15.4 Å². The van der Waals surface area contributed by atoms with E-state index in [2.05, 4.69) is 20.9 Å². The lowest BCUT2D eigenvalue weighted by atomic mass is 10.1. The summed E-state index contributed by atoms with van der Waals surface area (Å²) in [5.74, 6) is -0.369. The zero-order chi connectivity index (χ0) is 19.5. The molecule has 1 saturated heterocycles. The molecule has 8 heteroatoms. The fourth-order valence-electron chi connectivity index (χ4n) is 3.19. The van der Waals surface area contributed by atoms with Crippen LogP contribution in [0.25, 0.3) is 11.0 Å². The van der Waals surface area contributed by atoms with Crippen molar-refractivity contribution in [3.05, 3.63) is 48.0 Å². The SMILES string of the molecule is CCn1nnc2cc(C(=O)Nc3ccc(NC(=O)C4CCCO4)cc3)ccc21. The summed E-state index contributed by atoms with van der Waals surface area (Å²) in [5, 5.41) is 13.8. The van der Waals surface area contributed by atoms with Crippen molar-refractivity contribution in [3.8, 4) is 0 Å². The minimum Gasteiger partial charge on any atom is -0.368 e. The lowest BCUT2D eigenvalue weighted by Crippen LogP contribution is -2.26. The zero-order valence-corrected chi connectivity index (χ0v) is 15.5. The van der Waals surface area contributed by atoms with Crippen LogP contribution >= 0.6 is 0 Å². The molecule has 0 bridgehead atoms. The maximum Gasteiger partial charge on any atom is 0.255 e. The Morgan fingerprint density at radius 2 is 1.89 bits per heavy atom. The van der Waals surface area contributed by atoms with Crippen LogP contribution in [0.4, 0.5) is 11.4 Å². The van der Waals surface area contributed by atoms with Crippen molar-refractivity contribution in [2.45, 2.75) is 32.4 Å². The molecule has 1 aliphatic rings. The fraction of sp³-hybridized carbons (Fsp3) is 0.300. The first-order valence-electron chi connectivity index (χ1n) is 9.31. The maximum atomic E-state index is 12.5. The first-order chi connectivity index (χ1) is 13.6. The topological polar surface area (TPSA) is 98.1 Å². The number of hydrogen-bond acceptors (Lipinski definition) is 5. The van der Waals surface area contributed by atoms with Crippen LogP contribution < -0.4 is 10.6 Å². The number of aryl methyl sites for hydroxylation is 1. The molecule has 1 aliphatic heterocycles. The summed E-state index contributed by atoms with van der Waals surface area (Å²) in [6.45, 7) is 3.34. The molecule has 2 N–H and O–H groups in total. The first kappa shape index (κ1) is 18.1. The van der Waals surface area contributed by atoms with E-state index in [1.807, 2.05) is 13.0 Å². The highest BCUT2D eigenvalue weighted by Crippen LogP contribution is 2.19. The molecule has 0 spiro atoms. The quantitative estimate of drug-likeness (QED) is 0.710. The standard InChI is InChI=1S/C20H21N5O3/c1-2-25-17-10-5-13(12-16(17)23-24-25)19(26)21-14-6-8-15(9-7-14)22-20(27)18-4-3-11-28-18/h5-10,12,18H,2-4,11H2,1H3,(H,21,26)(H,22,27). The Labute approximate surface area is 161 Å². The molecular formula is C20H21N5O3. The smallest absolute Gasteiger partial charge is 0.255 e. The highest BCUT2D eigenvalue weighted by molar-refractivity contribution is 6.06. The Bertz CT molecular complexity index is 1010. The highest BCUT2D eigenvalue weighted by atomic mass is 16.5. The summed E-state index contributed by atoms with van der Waals surface area (Å²) in [4.78, 5) is 24.6. The van der Waals surface area contributed by atoms with Crippen LogP contribution in [0.2, 0.25) is 0 Å². The second-order valence-corrected chi connectivity index (χ2v) is 6.63. The van der Waals surface area contributed by atoms with Crippen LogP contribution in [-0.2, 0) is 16.1 Å². The molecule has 2 amide bonds. The third-order valence-corrected chi connectivity index (χ3v) is 4.71. The molecule has 0 aliphatic carbocycles. The van der Waals surface area contributed by atoms with Gasteiger partial charge in [-0.05, 0) is 62.2 Å². The molecule has 1 aromatic heterocycles. The molecule has 1 fully saturated rings. The summed E-state index contributed by atoms with van der Waals surface area (Å²) in [6, 6.07) is 12.3. The average Bonchev–Trinajstić information content (AvgIpc) is 3.38. The van der Waals surface area contributed by atoms with Crippen molar-refractivity contribution in [2.75, 3.05) is 17.2 Å². The molecule has 144 valence electrons. The van der Waals surface area contributed by atoms with Gasteiger partial charge in [-0.3, -0.25) is 9.59 Å². The van der Waals surface area contributed by atoms with Crippen LogP contribution in [0.5, 0.6) is 0 Å². The number of hydrogen-bond donors (Lipinski definition) is 2. The van der Waals surface area contributed by atoms with E-state index in [0.717, 1.165) is 24.9 Å². The number of anilines is 2.